The second kappa shape index (κ2) is 5.83. The van der Waals surface area contributed by atoms with Gasteiger partial charge in [-0.15, -0.1) is 0 Å². The number of hydrogen-bond donors (Lipinski definition) is 1. The van der Waals surface area contributed by atoms with E-state index in [2.05, 4.69) is 6.58 Å². The van der Waals surface area contributed by atoms with E-state index in [9.17, 15) is 14.7 Å². The molecule has 1 N–H and O–H groups in total. The van der Waals surface area contributed by atoms with Gasteiger partial charge < -0.3 is 14.7 Å². The SMILES string of the molecule is C=Cc1cc2c(cc1C(=O)O)CN(C(=O)OC(C)(C)C)CC2. The van der Waals surface area contributed by atoms with Crippen LogP contribution in [0.5, 0.6) is 0 Å². The molecule has 1 aromatic carbocycles. The lowest BCUT2D eigenvalue weighted by Gasteiger charge is -2.31. The average molecular weight is 303 g/mol. The van der Waals surface area contributed by atoms with E-state index in [1.807, 2.05) is 26.8 Å². The molecule has 118 valence electrons. The Labute approximate surface area is 130 Å². The third-order valence-electron chi connectivity index (χ3n) is 3.49. The maximum atomic E-state index is 12.1. The number of rotatable bonds is 2. The lowest BCUT2D eigenvalue weighted by Crippen LogP contribution is -2.40. The van der Waals surface area contributed by atoms with Gasteiger partial charge in [0.25, 0.3) is 0 Å². The highest BCUT2D eigenvalue weighted by molar-refractivity contribution is 5.92. The van der Waals surface area contributed by atoms with Crippen molar-refractivity contribution in [1.82, 2.24) is 4.90 Å². The van der Waals surface area contributed by atoms with Gasteiger partial charge in [0.15, 0.2) is 0 Å². The van der Waals surface area contributed by atoms with Gasteiger partial charge in [0, 0.05) is 13.1 Å². The van der Waals surface area contributed by atoms with Crippen LogP contribution in [-0.2, 0) is 17.7 Å². The fourth-order valence-electron chi connectivity index (χ4n) is 2.46. The van der Waals surface area contributed by atoms with Crippen LogP contribution in [0.25, 0.3) is 6.08 Å². The molecule has 0 radical (unpaired) electrons. The van der Waals surface area contributed by atoms with E-state index < -0.39 is 11.6 Å². The lowest BCUT2D eigenvalue weighted by atomic mass is 9.93. The summed E-state index contributed by atoms with van der Waals surface area (Å²) in [6.45, 7) is 10.0. The zero-order valence-corrected chi connectivity index (χ0v) is 13.2. The number of amides is 1. The number of benzene rings is 1. The van der Waals surface area contributed by atoms with Crippen molar-refractivity contribution in [1.29, 1.82) is 0 Å². The molecule has 1 heterocycles. The summed E-state index contributed by atoms with van der Waals surface area (Å²) in [5, 5.41) is 9.27. The second-order valence-corrected chi connectivity index (χ2v) is 6.37. The Bertz CT molecular complexity index is 628. The van der Waals surface area contributed by atoms with Crippen LogP contribution in [0, 0.1) is 0 Å². The lowest BCUT2D eigenvalue weighted by molar-refractivity contribution is 0.0224. The number of carbonyl (C=O) groups excluding carboxylic acids is 1. The Kier molecular flexibility index (Phi) is 4.26. The summed E-state index contributed by atoms with van der Waals surface area (Å²) in [6.07, 6.45) is 1.85. The van der Waals surface area contributed by atoms with Crippen molar-refractivity contribution in [2.75, 3.05) is 6.54 Å². The highest BCUT2D eigenvalue weighted by atomic mass is 16.6. The summed E-state index contributed by atoms with van der Waals surface area (Å²) in [5.41, 5.74) is 2.17. The van der Waals surface area contributed by atoms with Crippen LogP contribution < -0.4 is 0 Å². The summed E-state index contributed by atoms with van der Waals surface area (Å²) in [7, 11) is 0. The van der Waals surface area contributed by atoms with Gasteiger partial charge in [-0.1, -0.05) is 18.7 Å². The number of carbonyl (C=O) groups is 2. The van der Waals surface area contributed by atoms with Gasteiger partial charge in [-0.25, -0.2) is 9.59 Å². The van der Waals surface area contributed by atoms with Gasteiger partial charge in [-0.05, 0) is 49.9 Å². The Morgan fingerprint density at radius 2 is 2.00 bits per heavy atom. The van der Waals surface area contributed by atoms with E-state index in [-0.39, 0.29) is 11.7 Å². The van der Waals surface area contributed by atoms with Crippen molar-refractivity contribution in [3.05, 3.63) is 41.0 Å². The number of carboxylic acids is 1. The largest absolute Gasteiger partial charge is 0.478 e. The smallest absolute Gasteiger partial charge is 0.410 e. The molecule has 0 saturated heterocycles. The zero-order chi connectivity index (χ0) is 16.5. The number of nitrogens with zero attached hydrogens (tertiary/aromatic N) is 1. The first kappa shape index (κ1) is 16.1. The first-order valence-corrected chi connectivity index (χ1v) is 7.20. The summed E-state index contributed by atoms with van der Waals surface area (Å²) in [4.78, 5) is 25.1. The molecule has 1 aliphatic rings. The Hall–Kier alpha value is -2.30. The molecule has 0 bridgehead atoms. The molecule has 0 saturated carbocycles. The number of carboxylic acid groups (broad SMARTS) is 1. The number of aromatic carboxylic acids is 1. The molecule has 0 atom stereocenters. The predicted molar refractivity (Wildman–Crippen MR) is 83.8 cm³/mol. The Morgan fingerprint density at radius 1 is 1.32 bits per heavy atom. The minimum atomic E-state index is -0.993. The molecule has 0 aliphatic carbocycles. The minimum absolute atomic E-state index is 0.208. The van der Waals surface area contributed by atoms with Gasteiger partial charge in [0.1, 0.15) is 5.60 Å². The van der Waals surface area contributed by atoms with Gasteiger partial charge in [0.05, 0.1) is 5.56 Å². The van der Waals surface area contributed by atoms with Crippen molar-refractivity contribution < 1.29 is 19.4 Å². The van der Waals surface area contributed by atoms with Crippen molar-refractivity contribution in [3.63, 3.8) is 0 Å². The predicted octanol–water partition coefficient (Wildman–Crippen LogP) is 3.32. The highest BCUT2D eigenvalue weighted by Crippen LogP contribution is 2.25. The van der Waals surface area contributed by atoms with Crippen LogP contribution in [0.4, 0.5) is 4.79 Å². The van der Waals surface area contributed by atoms with Gasteiger partial charge in [-0.2, -0.15) is 0 Å². The Morgan fingerprint density at radius 3 is 2.55 bits per heavy atom. The number of fused-ring (bicyclic) bond motifs is 1. The second-order valence-electron chi connectivity index (χ2n) is 6.37. The first-order valence-electron chi connectivity index (χ1n) is 7.20. The summed E-state index contributed by atoms with van der Waals surface area (Å²) in [6, 6.07) is 3.48. The summed E-state index contributed by atoms with van der Waals surface area (Å²) in [5.74, 6) is -0.993. The molecule has 22 heavy (non-hydrogen) atoms. The molecule has 5 heteroatoms. The molecule has 0 fully saturated rings. The summed E-state index contributed by atoms with van der Waals surface area (Å²) >= 11 is 0. The molecule has 1 aromatic rings. The number of hydrogen-bond acceptors (Lipinski definition) is 3. The molecule has 0 spiro atoms. The Balaban J connectivity index is 2.26. The quantitative estimate of drug-likeness (QED) is 0.910. The standard InChI is InChI=1S/C17H21NO4/c1-5-11-8-12-6-7-18(16(21)22-17(2,3)4)10-13(12)9-14(11)15(19)20/h5,8-9H,1,6-7,10H2,2-4H3,(H,19,20). The van der Waals surface area contributed by atoms with Crippen molar-refractivity contribution in [2.24, 2.45) is 0 Å². The van der Waals surface area contributed by atoms with Crippen LogP contribution >= 0.6 is 0 Å². The molecular formula is C17H21NO4. The highest BCUT2D eigenvalue weighted by Gasteiger charge is 2.26. The van der Waals surface area contributed by atoms with Crippen molar-refractivity contribution >= 4 is 18.1 Å². The van der Waals surface area contributed by atoms with E-state index in [4.69, 9.17) is 4.74 Å². The van der Waals surface area contributed by atoms with Crippen molar-refractivity contribution in [3.8, 4) is 0 Å². The van der Waals surface area contributed by atoms with Gasteiger partial charge >= 0.3 is 12.1 Å². The van der Waals surface area contributed by atoms with E-state index in [1.165, 1.54) is 0 Å². The molecule has 1 aliphatic heterocycles. The van der Waals surface area contributed by atoms with Crippen LogP contribution in [0.1, 0.15) is 47.8 Å². The number of ether oxygens (including phenoxy) is 1. The van der Waals surface area contributed by atoms with Crippen LogP contribution in [-0.4, -0.2) is 34.2 Å². The molecule has 5 nitrogen and oxygen atoms in total. The van der Waals surface area contributed by atoms with Crippen LogP contribution in [0.2, 0.25) is 0 Å². The van der Waals surface area contributed by atoms with E-state index >= 15 is 0 Å². The molecule has 0 unspecified atom stereocenters. The third-order valence-corrected chi connectivity index (χ3v) is 3.49. The normalized spacial score (nSPS) is 14.2. The fourth-order valence-corrected chi connectivity index (χ4v) is 2.46. The average Bonchev–Trinajstić information content (AvgIpc) is 2.43. The van der Waals surface area contributed by atoms with Crippen molar-refractivity contribution in [2.45, 2.75) is 39.3 Å². The monoisotopic (exact) mass is 303 g/mol. The first-order chi connectivity index (χ1) is 10.2. The summed E-state index contributed by atoms with van der Waals surface area (Å²) < 4.78 is 5.37. The fraction of sp³-hybridized carbons (Fsp3) is 0.412. The van der Waals surface area contributed by atoms with Gasteiger partial charge in [0.2, 0.25) is 0 Å². The van der Waals surface area contributed by atoms with Gasteiger partial charge in [-0.3, -0.25) is 0 Å². The third kappa shape index (κ3) is 3.47. The maximum absolute atomic E-state index is 12.1. The minimum Gasteiger partial charge on any atom is -0.478 e. The zero-order valence-electron chi connectivity index (χ0n) is 13.2. The van der Waals surface area contributed by atoms with Crippen LogP contribution in [0.3, 0.4) is 0 Å². The molecule has 2 rings (SSSR count). The van der Waals surface area contributed by atoms with E-state index in [1.54, 1.807) is 17.0 Å². The molecule has 0 aromatic heterocycles. The maximum Gasteiger partial charge on any atom is 0.410 e. The molecular weight excluding hydrogens is 282 g/mol. The van der Waals surface area contributed by atoms with E-state index in [0.717, 1.165) is 11.1 Å². The topological polar surface area (TPSA) is 66.8 Å². The molecule has 1 amide bonds. The van der Waals surface area contributed by atoms with E-state index in [0.29, 0.717) is 25.1 Å². The van der Waals surface area contributed by atoms with Crippen LogP contribution in [0.15, 0.2) is 18.7 Å².